The molecule has 0 fully saturated rings. The Labute approximate surface area is 214 Å². The second-order valence-electron chi connectivity index (χ2n) is 9.65. The molecule has 0 saturated carbocycles. The highest BCUT2D eigenvalue weighted by atomic mass is 16.5. The smallest absolute Gasteiger partial charge is 0.251 e. The standard InChI is InChI=1S/C31H37N3O2/c1-23(2)26-18-17-24(3)22-29(26)36-21-10-9-20-34-28-15-8-7-14-27(28)33-30(34)16-11-19-32-31(35)25-12-5-4-6-13-25/h4-8,12-15,17-18,22-23H,9-11,16,19-21H2,1-3H3,(H,32,35). The predicted molar refractivity (Wildman–Crippen MR) is 147 cm³/mol. The fraction of sp³-hybridized carbons (Fsp3) is 0.355. The van der Waals surface area contributed by atoms with Crippen molar-refractivity contribution in [2.45, 2.75) is 58.9 Å². The quantitative estimate of drug-likeness (QED) is 0.228. The molecule has 0 radical (unpaired) electrons. The molecule has 0 aliphatic carbocycles. The molecule has 1 aromatic heterocycles. The molecule has 0 unspecified atom stereocenters. The minimum absolute atomic E-state index is 0.0293. The number of carbonyl (C=O) groups is 1. The molecule has 0 aliphatic heterocycles. The molecular weight excluding hydrogens is 446 g/mol. The van der Waals surface area contributed by atoms with Crippen molar-refractivity contribution >= 4 is 16.9 Å². The molecule has 3 aromatic carbocycles. The first kappa shape index (κ1) is 25.5. The third kappa shape index (κ3) is 6.54. The average Bonchev–Trinajstić information content (AvgIpc) is 3.24. The Bertz CT molecular complexity index is 1280. The maximum absolute atomic E-state index is 12.3. The molecule has 0 aliphatic rings. The van der Waals surface area contributed by atoms with E-state index in [0.29, 0.717) is 24.6 Å². The summed E-state index contributed by atoms with van der Waals surface area (Å²) in [6, 6.07) is 24.1. The van der Waals surface area contributed by atoms with Crippen LogP contribution in [0, 0.1) is 6.92 Å². The number of aromatic nitrogens is 2. The molecule has 1 amide bonds. The van der Waals surface area contributed by atoms with Gasteiger partial charge in [-0.15, -0.1) is 0 Å². The Kier molecular flexibility index (Phi) is 8.77. The lowest BCUT2D eigenvalue weighted by Crippen LogP contribution is -2.24. The van der Waals surface area contributed by atoms with Crippen LogP contribution in [0.5, 0.6) is 5.75 Å². The normalized spacial score (nSPS) is 11.2. The number of hydrogen-bond acceptors (Lipinski definition) is 3. The summed E-state index contributed by atoms with van der Waals surface area (Å²) in [6.45, 7) is 8.75. The van der Waals surface area contributed by atoms with Crippen molar-refractivity contribution in [1.29, 1.82) is 0 Å². The number of unbranched alkanes of at least 4 members (excludes halogenated alkanes) is 1. The molecular formula is C31H37N3O2. The van der Waals surface area contributed by atoms with Crippen LogP contribution in [-0.4, -0.2) is 28.6 Å². The van der Waals surface area contributed by atoms with Crippen LogP contribution < -0.4 is 10.1 Å². The van der Waals surface area contributed by atoms with E-state index in [2.05, 4.69) is 67.1 Å². The minimum atomic E-state index is -0.0293. The first-order chi connectivity index (χ1) is 17.5. The maximum Gasteiger partial charge on any atom is 0.251 e. The number of rotatable bonds is 12. The zero-order chi connectivity index (χ0) is 25.3. The zero-order valence-electron chi connectivity index (χ0n) is 21.7. The van der Waals surface area contributed by atoms with Gasteiger partial charge >= 0.3 is 0 Å². The van der Waals surface area contributed by atoms with Crippen molar-refractivity contribution in [2.75, 3.05) is 13.2 Å². The van der Waals surface area contributed by atoms with Gasteiger partial charge in [-0.1, -0.05) is 56.3 Å². The number of para-hydroxylation sites is 2. The van der Waals surface area contributed by atoms with Crippen molar-refractivity contribution in [2.24, 2.45) is 0 Å². The van der Waals surface area contributed by atoms with Crippen LogP contribution in [0.3, 0.4) is 0 Å². The number of benzene rings is 3. The van der Waals surface area contributed by atoms with E-state index in [1.54, 1.807) is 0 Å². The van der Waals surface area contributed by atoms with E-state index in [1.807, 2.05) is 36.4 Å². The molecule has 0 atom stereocenters. The summed E-state index contributed by atoms with van der Waals surface area (Å²) in [6.07, 6.45) is 3.66. The Morgan fingerprint density at radius 3 is 2.56 bits per heavy atom. The van der Waals surface area contributed by atoms with Crippen LogP contribution in [0.1, 0.15) is 66.3 Å². The van der Waals surface area contributed by atoms with E-state index < -0.39 is 0 Å². The summed E-state index contributed by atoms with van der Waals surface area (Å²) in [4.78, 5) is 17.2. The number of fused-ring (bicyclic) bond motifs is 1. The van der Waals surface area contributed by atoms with Gasteiger partial charge in [-0.05, 0) is 73.6 Å². The van der Waals surface area contributed by atoms with E-state index >= 15 is 0 Å². The highest BCUT2D eigenvalue weighted by Gasteiger charge is 2.12. The fourth-order valence-corrected chi connectivity index (χ4v) is 4.50. The van der Waals surface area contributed by atoms with Crippen molar-refractivity contribution in [1.82, 2.24) is 14.9 Å². The highest BCUT2D eigenvalue weighted by molar-refractivity contribution is 5.94. The average molecular weight is 484 g/mol. The van der Waals surface area contributed by atoms with Crippen molar-refractivity contribution < 1.29 is 9.53 Å². The van der Waals surface area contributed by atoms with Crippen LogP contribution in [0.25, 0.3) is 11.0 Å². The molecule has 4 rings (SSSR count). The van der Waals surface area contributed by atoms with Crippen LogP contribution >= 0.6 is 0 Å². The molecule has 188 valence electrons. The first-order valence-corrected chi connectivity index (χ1v) is 13.0. The molecule has 1 N–H and O–H groups in total. The number of hydrogen-bond donors (Lipinski definition) is 1. The minimum Gasteiger partial charge on any atom is -0.493 e. The fourth-order valence-electron chi connectivity index (χ4n) is 4.50. The van der Waals surface area contributed by atoms with E-state index in [-0.39, 0.29) is 5.91 Å². The van der Waals surface area contributed by atoms with Crippen LogP contribution in [-0.2, 0) is 13.0 Å². The van der Waals surface area contributed by atoms with E-state index in [9.17, 15) is 4.79 Å². The third-order valence-corrected chi connectivity index (χ3v) is 6.46. The predicted octanol–water partition coefficient (Wildman–Crippen LogP) is 6.69. The molecule has 36 heavy (non-hydrogen) atoms. The lowest BCUT2D eigenvalue weighted by Gasteiger charge is -2.15. The van der Waals surface area contributed by atoms with Crippen molar-refractivity contribution in [3.8, 4) is 5.75 Å². The van der Waals surface area contributed by atoms with Gasteiger partial charge in [0, 0.05) is 25.1 Å². The Hall–Kier alpha value is -3.60. The van der Waals surface area contributed by atoms with Gasteiger partial charge in [-0.2, -0.15) is 0 Å². The van der Waals surface area contributed by atoms with E-state index in [0.717, 1.165) is 49.3 Å². The number of ether oxygens (including phenoxy) is 1. The summed E-state index contributed by atoms with van der Waals surface area (Å²) in [5.41, 5.74) is 5.38. The highest BCUT2D eigenvalue weighted by Crippen LogP contribution is 2.27. The van der Waals surface area contributed by atoms with Crippen LogP contribution in [0.4, 0.5) is 0 Å². The van der Waals surface area contributed by atoms with Crippen LogP contribution in [0.2, 0.25) is 0 Å². The van der Waals surface area contributed by atoms with Gasteiger partial charge < -0.3 is 14.6 Å². The Morgan fingerprint density at radius 2 is 1.75 bits per heavy atom. The SMILES string of the molecule is Cc1ccc(C(C)C)c(OCCCCn2c(CCCNC(=O)c3ccccc3)nc3ccccc32)c1. The van der Waals surface area contributed by atoms with Gasteiger partial charge in [0.25, 0.3) is 5.91 Å². The van der Waals surface area contributed by atoms with Gasteiger partial charge in [0.05, 0.1) is 17.6 Å². The maximum atomic E-state index is 12.3. The Balaban J connectivity index is 1.31. The first-order valence-electron chi connectivity index (χ1n) is 13.0. The van der Waals surface area contributed by atoms with Gasteiger partial charge in [-0.3, -0.25) is 4.79 Å². The number of aryl methyl sites for hydroxylation is 3. The van der Waals surface area contributed by atoms with Gasteiger partial charge in [0.2, 0.25) is 0 Å². The zero-order valence-corrected chi connectivity index (χ0v) is 21.7. The van der Waals surface area contributed by atoms with Gasteiger partial charge in [0.15, 0.2) is 0 Å². The number of carbonyl (C=O) groups excluding carboxylic acids is 1. The largest absolute Gasteiger partial charge is 0.493 e. The summed E-state index contributed by atoms with van der Waals surface area (Å²) >= 11 is 0. The Morgan fingerprint density at radius 1 is 0.972 bits per heavy atom. The number of amides is 1. The second-order valence-corrected chi connectivity index (χ2v) is 9.65. The number of imidazole rings is 1. The number of nitrogens with zero attached hydrogens (tertiary/aromatic N) is 2. The van der Waals surface area contributed by atoms with Gasteiger partial charge in [0.1, 0.15) is 11.6 Å². The van der Waals surface area contributed by atoms with Crippen molar-refractivity contribution in [3.63, 3.8) is 0 Å². The topological polar surface area (TPSA) is 56.1 Å². The lowest BCUT2D eigenvalue weighted by molar-refractivity contribution is 0.0953. The lowest BCUT2D eigenvalue weighted by atomic mass is 10.0. The number of nitrogens with one attached hydrogen (secondary N) is 1. The monoisotopic (exact) mass is 483 g/mol. The molecule has 0 bridgehead atoms. The molecule has 0 spiro atoms. The third-order valence-electron chi connectivity index (χ3n) is 6.46. The van der Waals surface area contributed by atoms with E-state index in [1.165, 1.54) is 16.6 Å². The summed E-state index contributed by atoms with van der Waals surface area (Å²) in [5, 5.41) is 3.02. The molecule has 5 nitrogen and oxygen atoms in total. The summed E-state index contributed by atoms with van der Waals surface area (Å²) < 4.78 is 8.52. The van der Waals surface area contributed by atoms with Crippen molar-refractivity contribution in [3.05, 3.63) is 95.3 Å². The van der Waals surface area contributed by atoms with E-state index in [4.69, 9.17) is 9.72 Å². The molecule has 5 heteroatoms. The van der Waals surface area contributed by atoms with Crippen LogP contribution in [0.15, 0.2) is 72.8 Å². The molecule has 0 saturated heterocycles. The summed E-state index contributed by atoms with van der Waals surface area (Å²) in [7, 11) is 0. The second kappa shape index (κ2) is 12.4. The molecule has 4 aromatic rings. The summed E-state index contributed by atoms with van der Waals surface area (Å²) in [5.74, 6) is 2.50. The molecule has 1 heterocycles. The van der Waals surface area contributed by atoms with Gasteiger partial charge in [-0.25, -0.2) is 4.98 Å².